The lowest BCUT2D eigenvalue weighted by atomic mass is 10.1. The first-order valence-electron chi connectivity index (χ1n) is 9.03. The van der Waals surface area contributed by atoms with Crippen molar-refractivity contribution in [2.75, 3.05) is 46.3 Å². The van der Waals surface area contributed by atoms with Crippen LogP contribution in [0.5, 0.6) is 5.75 Å². The van der Waals surface area contributed by atoms with Crippen molar-refractivity contribution in [3.05, 3.63) is 42.2 Å². The average molecular weight is 409 g/mol. The second-order valence-electron chi connectivity index (χ2n) is 6.68. The van der Waals surface area contributed by atoms with Gasteiger partial charge < -0.3 is 29.6 Å². The SMILES string of the molecule is CN1CCN(C(=O)N2CC(Oc3ccc(F)cc3)C2)CC1.O=C(O)C=CC(=O)O. The lowest BCUT2D eigenvalue weighted by molar-refractivity contribution is -0.134. The molecular weight excluding hydrogens is 385 g/mol. The molecule has 158 valence electrons. The van der Waals surface area contributed by atoms with Crippen LogP contribution >= 0.6 is 0 Å². The molecule has 0 unspecified atom stereocenters. The van der Waals surface area contributed by atoms with Gasteiger partial charge in [-0.05, 0) is 31.3 Å². The third-order valence-electron chi connectivity index (χ3n) is 4.38. The van der Waals surface area contributed by atoms with E-state index in [4.69, 9.17) is 14.9 Å². The molecule has 1 aromatic carbocycles. The highest BCUT2D eigenvalue weighted by Gasteiger charge is 2.35. The second-order valence-corrected chi connectivity index (χ2v) is 6.68. The summed E-state index contributed by atoms with van der Waals surface area (Å²) in [6, 6.07) is 6.07. The van der Waals surface area contributed by atoms with Gasteiger partial charge in [0.05, 0.1) is 13.1 Å². The van der Waals surface area contributed by atoms with E-state index in [1.165, 1.54) is 12.1 Å². The van der Waals surface area contributed by atoms with E-state index < -0.39 is 11.9 Å². The molecule has 0 radical (unpaired) electrons. The number of rotatable bonds is 4. The molecule has 0 saturated carbocycles. The minimum Gasteiger partial charge on any atom is -0.487 e. The number of piperazine rings is 1. The fourth-order valence-electron chi connectivity index (χ4n) is 2.71. The van der Waals surface area contributed by atoms with Crippen molar-refractivity contribution in [3.63, 3.8) is 0 Å². The van der Waals surface area contributed by atoms with Crippen LogP contribution in [-0.4, -0.2) is 95.3 Å². The summed E-state index contributed by atoms with van der Waals surface area (Å²) in [5.74, 6) is -2.14. The molecule has 3 rings (SSSR count). The van der Waals surface area contributed by atoms with Crippen LogP contribution in [0.25, 0.3) is 0 Å². The van der Waals surface area contributed by atoms with Gasteiger partial charge in [0, 0.05) is 38.3 Å². The molecule has 0 aliphatic carbocycles. The number of carbonyl (C=O) groups is 3. The van der Waals surface area contributed by atoms with Gasteiger partial charge in [-0.3, -0.25) is 0 Å². The number of benzene rings is 1. The van der Waals surface area contributed by atoms with Crippen molar-refractivity contribution in [2.45, 2.75) is 6.10 Å². The molecule has 29 heavy (non-hydrogen) atoms. The molecule has 2 amide bonds. The molecule has 2 heterocycles. The van der Waals surface area contributed by atoms with Gasteiger partial charge in [-0.1, -0.05) is 0 Å². The summed E-state index contributed by atoms with van der Waals surface area (Å²) in [6.07, 6.45) is 1.12. The fourth-order valence-corrected chi connectivity index (χ4v) is 2.71. The van der Waals surface area contributed by atoms with Gasteiger partial charge in [-0.15, -0.1) is 0 Å². The van der Waals surface area contributed by atoms with Crippen molar-refractivity contribution in [2.24, 2.45) is 0 Å². The number of carbonyl (C=O) groups excluding carboxylic acids is 1. The minimum atomic E-state index is -1.26. The zero-order chi connectivity index (χ0) is 21.4. The van der Waals surface area contributed by atoms with Crippen molar-refractivity contribution in [1.82, 2.24) is 14.7 Å². The maximum Gasteiger partial charge on any atom is 0.328 e. The van der Waals surface area contributed by atoms with Gasteiger partial charge >= 0.3 is 18.0 Å². The lowest BCUT2D eigenvalue weighted by Crippen LogP contribution is -2.61. The van der Waals surface area contributed by atoms with Crippen molar-refractivity contribution in [1.29, 1.82) is 0 Å². The van der Waals surface area contributed by atoms with Gasteiger partial charge in [0.25, 0.3) is 0 Å². The Morgan fingerprint density at radius 1 is 0.966 bits per heavy atom. The fraction of sp³-hybridized carbons (Fsp3) is 0.421. The summed E-state index contributed by atoms with van der Waals surface area (Å²) in [7, 11) is 2.07. The van der Waals surface area contributed by atoms with Crippen LogP contribution in [0.15, 0.2) is 36.4 Å². The number of likely N-dealkylation sites (tertiary alicyclic amines) is 1. The van der Waals surface area contributed by atoms with Crippen molar-refractivity contribution in [3.8, 4) is 5.75 Å². The molecule has 2 aliphatic rings. The van der Waals surface area contributed by atoms with Crippen LogP contribution in [0.3, 0.4) is 0 Å². The minimum absolute atomic E-state index is 0.00637. The Hall–Kier alpha value is -3.14. The summed E-state index contributed by atoms with van der Waals surface area (Å²) in [4.78, 5) is 37.3. The highest BCUT2D eigenvalue weighted by molar-refractivity contribution is 5.89. The van der Waals surface area contributed by atoms with Gasteiger partial charge in [-0.2, -0.15) is 0 Å². The number of hydrogen-bond acceptors (Lipinski definition) is 5. The Morgan fingerprint density at radius 3 is 1.97 bits per heavy atom. The highest BCUT2D eigenvalue weighted by atomic mass is 19.1. The first-order chi connectivity index (χ1) is 13.7. The van der Waals surface area contributed by atoms with E-state index in [-0.39, 0.29) is 18.0 Å². The number of halogens is 1. The molecule has 2 fully saturated rings. The quantitative estimate of drug-likeness (QED) is 0.713. The predicted molar refractivity (Wildman–Crippen MR) is 101 cm³/mol. The van der Waals surface area contributed by atoms with E-state index in [0.717, 1.165) is 26.2 Å². The van der Waals surface area contributed by atoms with Crippen LogP contribution < -0.4 is 4.74 Å². The summed E-state index contributed by atoms with van der Waals surface area (Å²) in [6.45, 7) is 4.62. The van der Waals surface area contributed by atoms with Crippen LogP contribution in [0.4, 0.5) is 9.18 Å². The maximum atomic E-state index is 12.8. The van der Waals surface area contributed by atoms with E-state index in [2.05, 4.69) is 11.9 Å². The summed E-state index contributed by atoms with van der Waals surface area (Å²) in [5.41, 5.74) is 0. The molecule has 0 bridgehead atoms. The number of nitrogens with zero attached hydrogens (tertiary/aromatic N) is 3. The van der Waals surface area contributed by atoms with Crippen LogP contribution in [0.2, 0.25) is 0 Å². The molecule has 2 saturated heterocycles. The maximum absolute atomic E-state index is 12.8. The Balaban J connectivity index is 0.000000321. The number of urea groups is 1. The topological polar surface area (TPSA) is 111 Å². The molecule has 0 atom stereocenters. The molecule has 2 N–H and O–H groups in total. The molecule has 0 aromatic heterocycles. The van der Waals surface area contributed by atoms with E-state index >= 15 is 0 Å². The largest absolute Gasteiger partial charge is 0.487 e. The molecule has 1 aromatic rings. The smallest absolute Gasteiger partial charge is 0.328 e. The predicted octanol–water partition coefficient (Wildman–Crippen LogP) is 0.968. The van der Waals surface area contributed by atoms with Gasteiger partial charge in [0.15, 0.2) is 0 Å². The molecule has 0 spiro atoms. The number of hydrogen-bond donors (Lipinski definition) is 2. The second kappa shape index (κ2) is 10.4. The monoisotopic (exact) mass is 409 g/mol. The number of carboxylic acid groups (broad SMARTS) is 2. The number of aliphatic carboxylic acids is 2. The van der Waals surface area contributed by atoms with E-state index in [9.17, 15) is 18.8 Å². The first-order valence-corrected chi connectivity index (χ1v) is 9.03. The van der Waals surface area contributed by atoms with E-state index in [1.54, 1.807) is 17.0 Å². The summed E-state index contributed by atoms with van der Waals surface area (Å²) in [5, 5.41) is 15.6. The number of amides is 2. The van der Waals surface area contributed by atoms with Crippen LogP contribution in [0, 0.1) is 5.82 Å². The Morgan fingerprint density at radius 2 is 1.48 bits per heavy atom. The number of likely N-dealkylation sites (N-methyl/N-ethyl adjacent to an activating group) is 1. The van der Waals surface area contributed by atoms with Gasteiger partial charge in [0.2, 0.25) is 0 Å². The van der Waals surface area contributed by atoms with E-state index in [1.807, 2.05) is 4.90 Å². The number of ether oxygens (including phenoxy) is 1. The van der Waals surface area contributed by atoms with Gasteiger partial charge in [-0.25, -0.2) is 18.8 Å². The standard InChI is InChI=1S/C15H20FN3O2.C4H4O4/c1-17-6-8-18(9-7-17)15(20)19-10-14(11-19)21-13-4-2-12(16)3-5-13;5-3(6)1-2-4(7)8/h2-5,14H,6-11H2,1H3;1-2H,(H,5,6)(H,7,8). The number of carboxylic acids is 2. The Labute approximate surface area is 167 Å². The van der Waals surface area contributed by atoms with Crippen molar-refractivity contribution < 1.29 is 33.7 Å². The molecular formula is C19H24FN3O6. The van der Waals surface area contributed by atoms with Crippen LogP contribution in [-0.2, 0) is 9.59 Å². The van der Waals surface area contributed by atoms with Crippen molar-refractivity contribution >= 4 is 18.0 Å². The molecule has 10 heteroatoms. The zero-order valence-corrected chi connectivity index (χ0v) is 16.0. The van der Waals surface area contributed by atoms with E-state index in [0.29, 0.717) is 31.0 Å². The Bertz CT molecular complexity index is 725. The van der Waals surface area contributed by atoms with Crippen LogP contribution in [0.1, 0.15) is 0 Å². The summed E-state index contributed by atoms with van der Waals surface area (Å²) >= 11 is 0. The molecule has 9 nitrogen and oxygen atoms in total. The normalized spacial score (nSPS) is 17.3. The lowest BCUT2D eigenvalue weighted by Gasteiger charge is -2.43. The average Bonchev–Trinajstić information content (AvgIpc) is 2.65. The first kappa shape index (κ1) is 22.2. The zero-order valence-electron chi connectivity index (χ0n) is 16.0. The molecule has 2 aliphatic heterocycles. The Kier molecular flexibility index (Phi) is 7.96. The summed E-state index contributed by atoms with van der Waals surface area (Å²) < 4.78 is 18.5. The third-order valence-corrected chi connectivity index (χ3v) is 4.38. The van der Waals surface area contributed by atoms with Gasteiger partial charge in [0.1, 0.15) is 17.7 Å². The highest BCUT2D eigenvalue weighted by Crippen LogP contribution is 2.20. The third kappa shape index (κ3) is 7.41.